The number of methoxy groups -OCH3 is 1. The first-order valence-corrected chi connectivity index (χ1v) is 14.5. The van der Waals surface area contributed by atoms with Gasteiger partial charge in [0.1, 0.15) is 16.9 Å². The Hall–Kier alpha value is -3.57. The molecular formula is C30H32Cl2N6O3S. The van der Waals surface area contributed by atoms with Crippen molar-refractivity contribution < 1.29 is 14.3 Å². The summed E-state index contributed by atoms with van der Waals surface area (Å²) in [5.41, 5.74) is 11.2. The van der Waals surface area contributed by atoms with Gasteiger partial charge in [-0.1, -0.05) is 29.8 Å². The van der Waals surface area contributed by atoms with Gasteiger partial charge < -0.3 is 15.8 Å². The summed E-state index contributed by atoms with van der Waals surface area (Å²) in [4.78, 5) is 32.2. The van der Waals surface area contributed by atoms with Crippen molar-refractivity contribution in [1.82, 2.24) is 14.8 Å². The van der Waals surface area contributed by atoms with E-state index in [-0.39, 0.29) is 24.7 Å². The highest BCUT2D eigenvalue weighted by atomic mass is 35.5. The van der Waals surface area contributed by atoms with Gasteiger partial charge in [-0.3, -0.25) is 14.4 Å². The third kappa shape index (κ3) is 6.12. The quantitative estimate of drug-likeness (QED) is 0.234. The number of nitrogens with two attached hydrogens (primary N) is 1. The molecule has 2 aromatic heterocycles. The number of carbonyl (C=O) groups excluding carboxylic acids is 2. The van der Waals surface area contributed by atoms with Crippen molar-refractivity contribution in [1.29, 1.82) is 0 Å². The van der Waals surface area contributed by atoms with E-state index in [0.29, 0.717) is 35.1 Å². The SMILES string of the molecule is COC(=O)c1cc(NC(=O)C[C@@H]2N=C(c3ccc(Cl)cc3)c3c(sc(C)c3C)-n3c(C)nnc32)ccc1CCCN.Cl. The summed E-state index contributed by atoms with van der Waals surface area (Å²) in [6.45, 7) is 6.57. The monoisotopic (exact) mass is 626 g/mol. The van der Waals surface area contributed by atoms with E-state index in [1.165, 1.54) is 12.0 Å². The second-order valence-corrected chi connectivity index (χ2v) is 11.6. The predicted molar refractivity (Wildman–Crippen MR) is 169 cm³/mol. The zero-order valence-corrected chi connectivity index (χ0v) is 26.1. The van der Waals surface area contributed by atoms with Crippen LogP contribution in [0.15, 0.2) is 47.5 Å². The molecule has 3 heterocycles. The lowest BCUT2D eigenvalue weighted by Gasteiger charge is -2.14. The number of thiophene rings is 1. The Balaban J connectivity index is 0.00000405. The van der Waals surface area contributed by atoms with Crippen molar-refractivity contribution in [3.63, 3.8) is 0 Å². The van der Waals surface area contributed by atoms with E-state index < -0.39 is 12.0 Å². The van der Waals surface area contributed by atoms with Gasteiger partial charge in [-0.25, -0.2) is 4.79 Å². The lowest BCUT2D eigenvalue weighted by atomic mass is 9.99. The van der Waals surface area contributed by atoms with Gasteiger partial charge in [-0.15, -0.1) is 33.9 Å². The zero-order valence-electron chi connectivity index (χ0n) is 23.7. The second kappa shape index (κ2) is 13.2. The molecule has 0 bridgehead atoms. The van der Waals surface area contributed by atoms with Crippen LogP contribution in [0.25, 0.3) is 5.00 Å². The molecule has 4 aromatic rings. The van der Waals surface area contributed by atoms with Gasteiger partial charge in [0.05, 0.1) is 24.8 Å². The molecule has 9 nitrogen and oxygen atoms in total. The van der Waals surface area contributed by atoms with E-state index in [9.17, 15) is 9.59 Å². The molecule has 42 heavy (non-hydrogen) atoms. The van der Waals surface area contributed by atoms with Crippen LogP contribution >= 0.6 is 35.3 Å². The summed E-state index contributed by atoms with van der Waals surface area (Å²) in [7, 11) is 1.34. The highest BCUT2D eigenvalue weighted by molar-refractivity contribution is 7.15. The molecule has 220 valence electrons. The van der Waals surface area contributed by atoms with Crippen molar-refractivity contribution in [2.75, 3.05) is 19.0 Å². The fraction of sp³-hybridized carbons (Fsp3) is 0.300. The maximum absolute atomic E-state index is 13.5. The molecule has 5 rings (SSSR count). The normalized spacial score (nSPS) is 13.8. The number of benzene rings is 2. The average molecular weight is 628 g/mol. The van der Waals surface area contributed by atoms with E-state index in [1.54, 1.807) is 23.5 Å². The summed E-state index contributed by atoms with van der Waals surface area (Å²) in [5, 5.41) is 13.4. The molecule has 0 spiro atoms. The van der Waals surface area contributed by atoms with Crippen LogP contribution in [-0.4, -0.2) is 46.0 Å². The number of nitrogens with one attached hydrogen (secondary N) is 1. The van der Waals surface area contributed by atoms with Crippen molar-refractivity contribution in [3.05, 3.63) is 91.8 Å². The molecule has 0 saturated carbocycles. The molecule has 1 amide bonds. The Kier molecular flexibility index (Phi) is 9.83. The fourth-order valence-electron chi connectivity index (χ4n) is 4.98. The summed E-state index contributed by atoms with van der Waals surface area (Å²) in [6, 6.07) is 12.2. The number of halogens is 2. The molecule has 3 N–H and O–H groups in total. The van der Waals surface area contributed by atoms with Crippen LogP contribution in [0.4, 0.5) is 5.69 Å². The van der Waals surface area contributed by atoms with Crippen molar-refractivity contribution in [2.24, 2.45) is 10.7 Å². The average Bonchev–Trinajstić information content (AvgIpc) is 3.44. The minimum atomic E-state index is -0.606. The van der Waals surface area contributed by atoms with Crippen molar-refractivity contribution in [2.45, 2.75) is 46.1 Å². The number of hydrogen-bond acceptors (Lipinski definition) is 8. The third-order valence-electron chi connectivity index (χ3n) is 7.19. The van der Waals surface area contributed by atoms with Crippen LogP contribution < -0.4 is 11.1 Å². The second-order valence-electron chi connectivity index (χ2n) is 9.91. The Bertz CT molecular complexity index is 1660. The van der Waals surface area contributed by atoms with Gasteiger partial charge >= 0.3 is 5.97 Å². The number of aromatic nitrogens is 3. The van der Waals surface area contributed by atoms with E-state index in [4.69, 9.17) is 27.1 Å². The van der Waals surface area contributed by atoms with Gasteiger partial charge in [-0.05, 0) is 75.5 Å². The van der Waals surface area contributed by atoms with Crippen LogP contribution in [0.1, 0.15) is 68.0 Å². The first-order chi connectivity index (χ1) is 19.7. The van der Waals surface area contributed by atoms with Crippen molar-refractivity contribution >= 4 is 58.6 Å². The van der Waals surface area contributed by atoms with Gasteiger partial charge in [0.25, 0.3) is 0 Å². The lowest BCUT2D eigenvalue weighted by molar-refractivity contribution is -0.116. The van der Waals surface area contributed by atoms with Crippen LogP contribution in [0.3, 0.4) is 0 Å². The smallest absolute Gasteiger partial charge is 0.338 e. The first-order valence-electron chi connectivity index (χ1n) is 13.3. The Morgan fingerprint density at radius 1 is 1.12 bits per heavy atom. The molecule has 0 unspecified atom stereocenters. The molecule has 2 aromatic carbocycles. The van der Waals surface area contributed by atoms with E-state index in [0.717, 1.165) is 45.2 Å². The topological polar surface area (TPSA) is 124 Å². The highest BCUT2D eigenvalue weighted by Gasteiger charge is 2.32. The lowest BCUT2D eigenvalue weighted by Crippen LogP contribution is -2.18. The van der Waals surface area contributed by atoms with Gasteiger partial charge in [-0.2, -0.15) is 0 Å². The number of nitrogens with zero attached hydrogens (tertiary/aromatic N) is 4. The summed E-state index contributed by atoms with van der Waals surface area (Å²) in [6.07, 6.45) is 1.39. The summed E-state index contributed by atoms with van der Waals surface area (Å²) >= 11 is 7.85. The van der Waals surface area contributed by atoms with Crippen molar-refractivity contribution in [3.8, 4) is 5.00 Å². The molecule has 0 radical (unpaired) electrons. The molecular weight excluding hydrogens is 595 g/mol. The Morgan fingerprint density at radius 3 is 2.55 bits per heavy atom. The number of fused-ring (bicyclic) bond motifs is 3. The number of hydrogen-bond donors (Lipinski definition) is 2. The molecule has 1 aliphatic rings. The number of ether oxygens (including phenoxy) is 1. The fourth-order valence-corrected chi connectivity index (χ4v) is 6.32. The van der Waals surface area contributed by atoms with Crippen LogP contribution in [0.2, 0.25) is 5.02 Å². The third-order valence-corrected chi connectivity index (χ3v) is 8.63. The highest BCUT2D eigenvalue weighted by Crippen LogP contribution is 2.39. The number of rotatable bonds is 8. The predicted octanol–water partition coefficient (Wildman–Crippen LogP) is 5.93. The van der Waals surface area contributed by atoms with E-state index in [1.807, 2.05) is 41.8 Å². The standard InChI is InChI=1S/C30H31ClN6O3S.ClH/c1-16-17(2)41-29-26(16)27(20-7-10-21(31)11-8-20)34-24(28-36-35-18(3)37(28)29)15-25(38)33-22-12-9-19(6-5-13-32)23(14-22)30(39)40-4;/h7-12,14,24H,5-6,13,15,32H2,1-4H3,(H,33,38);1H/t24-;/m0./s1. The van der Waals surface area contributed by atoms with Gasteiger partial charge in [0, 0.05) is 26.7 Å². The zero-order chi connectivity index (χ0) is 29.3. The van der Waals surface area contributed by atoms with Crippen LogP contribution in [0, 0.1) is 20.8 Å². The van der Waals surface area contributed by atoms with Gasteiger partial charge in [0.2, 0.25) is 5.91 Å². The summed E-state index contributed by atoms with van der Waals surface area (Å²) in [5.74, 6) is 0.576. The number of aliphatic imine (C=N–C) groups is 1. The van der Waals surface area contributed by atoms with Gasteiger partial charge in [0.15, 0.2) is 5.82 Å². The molecule has 12 heteroatoms. The minimum absolute atomic E-state index is 0. The number of esters is 1. The molecule has 1 aliphatic heterocycles. The number of amides is 1. The number of anilines is 1. The van der Waals surface area contributed by atoms with E-state index >= 15 is 0 Å². The number of aryl methyl sites for hydroxylation is 3. The molecule has 0 fully saturated rings. The first kappa shape index (κ1) is 31.4. The Labute approximate surface area is 259 Å². The maximum Gasteiger partial charge on any atom is 0.338 e. The van der Waals surface area contributed by atoms with E-state index in [2.05, 4.69) is 29.4 Å². The summed E-state index contributed by atoms with van der Waals surface area (Å²) < 4.78 is 6.98. The largest absolute Gasteiger partial charge is 0.465 e. The number of carbonyl (C=O) groups is 2. The minimum Gasteiger partial charge on any atom is -0.465 e. The van der Waals surface area contributed by atoms with Crippen LogP contribution in [0.5, 0.6) is 0 Å². The Morgan fingerprint density at radius 2 is 1.86 bits per heavy atom. The molecule has 1 atom stereocenters. The van der Waals surface area contributed by atoms with Crippen LogP contribution in [-0.2, 0) is 16.0 Å². The maximum atomic E-state index is 13.5. The molecule has 0 saturated heterocycles. The molecule has 0 aliphatic carbocycles.